The summed E-state index contributed by atoms with van der Waals surface area (Å²) < 4.78 is 26.6. The molecule has 0 radical (unpaired) electrons. The van der Waals surface area contributed by atoms with Crippen LogP contribution in [0, 0.1) is 17.0 Å². The molecule has 6 nitrogen and oxygen atoms in total. The number of benzene rings is 1. The lowest BCUT2D eigenvalue weighted by atomic mass is 10.2. The average molecular weight is 405 g/mol. The summed E-state index contributed by atoms with van der Waals surface area (Å²) in [5.74, 6) is 0. The van der Waals surface area contributed by atoms with E-state index < -0.39 is 14.9 Å². The van der Waals surface area contributed by atoms with E-state index in [2.05, 4.69) is 4.72 Å². The molecule has 100 valence electrons. The molecule has 0 bridgehead atoms. The number of nitrogens with zero attached hydrogens (tertiary/aromatic N) is 1. The molecular formula is C9H10ClIN2O4S. The normalized spacial score (nSPS) is 11.5. The Balaban J connectivity index is 3.31. The number of nitro benzene ring substituents is 1. The smallest absolute Gasteiger partial charge is 0.258 e. The number of hydrogen-bond donors (Lipinski definition) is 1. The topological polar surface area (TPSA) is 89.3 Å². The summed E-state index contributed by atoms with van der Waals surface area (Å²) in [5.41, 5.74) is -0.0631. The number of hydrogen-bond acceptors (Lipinski definition) is 4. The zero-order chi connectivity index (χ0) is 13.9. The maximum atomic E-state index is 11.8. The fourth-order valence-electron chi connectivity index (χ4n) is 1.24. The first-order valence-electron chi connectivity index (χ1n) is 4.79. The van der Waals surface area contributed by atoms with Gasteiger partial charge in [-0.05, 0) is 13.0 Å². The summed E-state index contributed by atoms with van der Waals surface area (Å²) in [6.45, 7) is 1.72. The van der Waals surface area contributed by atoms with Gasteiger partial charge >= 0.3 is 0 Å². The van der Waals surface area contributed by atoms with Gasteiger partial charge in [-0.25, -0.2) is 13.1 Å². The molecule has 0 aromatic heterocycles. The summed E-state index contributed by atoms with van der Waals surface area (Å²) in [6.07, 6.45) is 0. The molecule has 1 rings (SSSR count). The molecule has 0 amide bonds. The molecular weight excluding hydrogens is 395 g/mol. The Bertz CT molecular complexity index is 576. The van der Waals surface area contributed by atoms with E-state index in [-0.39, 0.29) is 27.7 Å². The maximum absolute atomic E-state index is 11.8. The Labute approximate surface area is 123 Å². The van der Waals surface area contributed by atoms with Crippen molar-refractivity contribution in [3.8, 4) is 0 Å². The van der Waals surface area contributed by atoms with Crippen molar-refractivity contribution in [3.05, 3.63) is 32.8 Å². The highest BCUT2D eigenvalue weighted by Crippen LogP contribution is 2.29. The summed E-state index contributed by atoms with van der Waals surface area (Å²) in [7, 11) is -3.76. The van der Waals surface area contributed by atoms with E-state index in [4.69, 9.17) is 11.6 Å². The first kappa shape index (κ1) is 15.6. The van der Waals surface area contributed by atoms with Gasteiger partial charge in [-0.1, -0.05) is 34.2 Å². The number of halogens is 2. The standard InChI is InChI=1S/C9H10ClIN2O4S/c1-6-8(10)4-7(5-9(6)13(14)15)18(16,17)12-3-2-11/h4-5,12H,2-3H2,1H3. The van der Waals surface area contributed by atoms with Crippen molar-refractivity contribution in [1.29, 1.82) is 0 Å². The third-order valence-corrected chi connectivity index (χ3v) is 4.56. The van der Waals surface area contributed by atoms with Gasteiger partial charge in [0.2, 0.25) is 10.0 Å². The summed E-state index contributed by atoms with van der Waals surface area (Å²) in [4.78, 5) is 9.94. The minimum absolute atomic E-state index is 0.0547. The predicted molar refractivity (Wildman–Crippen MR) is 76.9 cm³/mol. The van der Waals surface area contributed by atoms with Crippen molar-refractivity contribution >= 4 is 49.9 Å². The molecule has 0 spiro atoms. The van der Waals surface area contributed by atoms with Crippen LogP contribution in [-0.2, 0) is 10.0 Å². The quantitative estimate of drug-likeness (QED) is 0.353. The summed E-state index contributed by atoms with van der Waals surface area (Å²) >= 11 is 7.82. The maximum Gasteiger partial charge on any atom is 0.275 e. The molecule has 0 saturated carbocycles. The van der Waals surface area contributed by atoms with Crippen LogP contribution in [0.15, 0.2) is 17.0 Å². The molecule has 1 N–H and O–H groups in total. The third-order valence-electron chi connectivity index (χ3n) is 2.18. The van der Waals surface area contributed by atoms with E-state index in [1.807, 2.05) is 22.6 Å². The fourth-order valence-corrected chi connectivity index (χ4v) is 3.23. The van der Waals surface area contributed by atoms with Gasteiger partial charge in [-0.15, -0.1) is 0 Å². The van der Waals surface area contributed by atoms with Crippen LogP contribution in [0.4, 0.5) is 5.69 Å². The molecule has 0 aliphatic carbocycles. The molecule has 9 heteroatoms. The van der Waals surface area contributed by atoms with E-state index in [9.17, 15) is 18.5 Å². The summed E-state index contributed by atoms with van der Waals surface area (Å²) in [6, 6.07) is 2.22. The zero-order valence-electron chi connectivity index (χ0n) is 9.31. The molecule has 1 aromatic carbocycles. The van der Waals surface area contributed by atoms with Gasteiger partial charge in [0, 0.05) is 22.6 Å². The van der Waals surface area contributed by atoms with Crippen LogP contribution in [0.5, 0.6) is 0 Å². The van der Waals surface area contributed by atoms with Crippen LogP contribution in [0.3, 0.4) is 0 Å². The molecule has 0 heterocycles. The Kier molecular flexibility index (Phi) is 5.32. The first-order valence-corrected chi connectivity index (χ1v) is 8.18. The first-order chi connectivity index (χ1) is 8.29. The number of sulfonamides is 1. The van der Waals surface area contributed by atoms with Crippen LogP contribution in [-0.4, -0.2) is 24.3 Å². The van der Waals surface area contributed by atoms with Crippen LogP contribution in [0.2, 0.25) is 5.02 Å². The highest BCUT2D eigenvalue weighted by Gasteiger charge is 2.21. The number of nitrogens with one attached hydrogen (secondary N) is 1. The minimum Gasteiger partial charge on any atom is -0.258 e. The lowest BCUT2D eigenvalue weighted by Crippen LogP contribution is -2.25. The number of alkyl halides is 1. The van der Waals surface area contributed by atoms with Crippen molar-refractivity contribution in [3.63, 3.8) is 0 Å². The van der Waals surface area contributed by atoms with E-state index in [1.165, 1.54) is 13.0 Å². The summed E-state index contributed by atoms with van der Waals surface area (Å²) in [5, 5.41) is 10.9. The Morgan fingerprint density at radius 2 is 2.11 bits per heavy atom. The molecule has 0 aliphatic rings. The third kappa shape index (κ3) is 3.53. The monoisotopic (exact) mass is 404 g/mol. The van der Waals surface area contributed by atoms with Crippen molar-refractivity contribution in [1.82, 2.24) is 4.72 Å². The van der Waals surface area contributed by atoms with Crippen LogP contribution in [0.25, 0.3) is 0 Å². The molecule has 0 fully saturated rings. The minimum atomic E-state index is -3.76. The van der Waals surface area contributed by atoms with Crippen molar-refractivity contribution in [2.45, 2.75) is 11.8 Å². The number of nitro groups is 1. The fraction of sp³-hybridized carbons (Fsp3) is 0.333. The average Bonchev–Trinajstić information content (AvgIpc) is 2.29. The van der Waals surface area contributed by atoms with Gasteiger partial charge in [0.25, 0.3) is 5.69 Å². The van der Waals surface area contributed by atoms with Gasteiger partial charge in [0.15, 0.2) is 0 Å². The molecule has 0 saturated heterocycles. The van der Waals surface area contributed by atoms with E-state index in [0.717, 1.165) is 6.07 Å². The second-order valence-electron chi connectivity index (χ2n) is 3.39. The second-order valence-corrected chi connectivity index (χ2v) is 6.65. The van der Waals surface area contributed by atoms with Crippen molar-refractivity contribution < 1.29 is 13.3 Å². The van der Waals surface area contributed by atoms with Crippen LogP contribution >= 0.6 is 34.2 Å². The lowest BCUT2D eigenvalue weighted by molar-refractivity contribution is -0.385. The van der Waals surface area contributed by atoms with E-state index in [0.29, 0.717) is 4.43 Å². The number of rotatable bonds is 5. The van der Waals surface area contributed by atoms with Gasteiger partial charge in [-0.2, -0.15) is 0 Å². The molecule has 0 unspecified atom stereocenters. The Hall–Kier alpha value is -0.450. The van der Waals surface area contributed by atoms with Crippen molar-refractivity contribution in [2.75, 3.05) is 11.0 Å². The highest BCUT2D eigenvalue weighted by atomic mass is 127. The zero-order valence-corrected chi connectivity index (χ0v) is 13.0. The Morgan fingerprint density at radius 3 is 2.61 bits per heavy atom. The Morgan fingerprint density at radius 1 is 1.50 bits per heavy atom. The van der Waals surface area contributed by atoms with Crippen LogP contribution in [0.1, 0.15) is 5.56 Å². The molecule has 1 aromatic rings. The largest absolute Gasteiger partial charge is 0.275 e. The van der Waals surface area contributed by atoms with Gasteiger partial charge in [-0.3, -0.25) is 10.1 Å². The predicted octanol–water partition coefficient (Wildman–Crippen LogP) is 2.27. The highest BCUT2D eigenvalue weighted by molar-refractivity contribution is 14.1. The van der Waals surface area contributed by atoms with Gasteiger partial charge in [0.05, 0.1) is 14.8 Å². The molecule has 0 aliphatic heterocycles. The van der Waals surface area contributed by atoms with Crippen LogP contribution < -0.4 is 4.72 Å². The van der Waals surface area contributed by atoms with Crippen molar-refractivity contribution in [2.24, 2.45) is 0 Å². The molecule has 18 heavy (non-hydrogen) atoms. The van der Waals surface area contributed by atoms with Gasteiger partial charge in [0.1, 0.15) is 0 Å². The van der Waals surface area contributed by atoms with E-state index >= 15 is 0 Å². The van der Waals surface area contributed by atoms with Gasteiger partial charge < -0.3 is 0 Å². The molecule has 0 atom stereocenters. The lowest BCUT2D eigenvalue weighted by Gasteiger charge is -2.07. The second kappa shape index (κ2) is 6.13. The van der Waals surface area contributed by atoms with E-state index in [1.54, 1.807) is 0 Å². The SMILES string of the molecule is Cc1c(Cl)cc(S(=O)(=O)NCCI)cc1[N+](=O)[O-].